The van der Waals surface area contributed by atoms with Gasteiger partial charge in [0, 0.05) is 32.7 Å². The Labute approximate surface area is 107 Å². The number of amides is 1. The molecule has 2 N–H and O–H groups in total. The number of carboxylic acids is 1. The molecule has 2 atom stereocenters. The van der Waals surface area contributed by atoms with Crippen molar-refractivity contribution in [2.45, 2.75) is 6.92 Å². The number of carboxylic acid groups (broad SMARTS) is 1. The highest BCUT2D eigenvalue weighted by molar-refractivity contribution is 5.80. The molecule has 1 amide bonds. The molecule has 0 aromatic heterocycles. The van der Waals surface area contributed by atoms with Crippen molar-refractivity contribution in [1.82, 2.24) is 15.1 Å². The van der Waals surface area contributed by atoms with Gasteiger partial charge in [0.15, 0.2) is 0 Å². The topological polar surface area (TPSA) is 72.9 Å². The molecule has 6 nitrogen and oxygen atoms in total. The second-order valence-electron chi connectivity index (χ2n) is 5.24. The number of nitrogens with zero attached hydrogens (tertiary/aromatic N) is 2. The van der Waals surface area contributed by atoms with Crippen molar-refractivity contribution in [2.24, 2.45) is 11.8 Å². The molecule has 0 aromatic carbocycles. The van der Waals surface area contributed by atoms with Gasteiger partial charge in [0.1, 0.15) is 0 Å². The lowest BCUT2D eigenvalue weighted by atomic mass is 9.96. The van der Waals surface area contributed by atoms with Gasteiger partial charge in [-0.05, 0) is 12.5 Å². The average Bonchev–Trinajstić information content (AvgIpc) is 2.75. The fraction of sp³-hybridized carbons (Fsp3) is 0.833. The van der Waals surface area contributed by atoms with Crippen LogP contribution in [-0.4, -0.2) is 72.6 Å². The van der Waals surface area contributed by atoms with E-state index in [4.69, 9.17) is 5.11 Å². The SMILES string of the molecule is C[C@@H]1CNC[C@H]1C(=O)N1CCN(CC(=O)O)CC1. The standard InChI is InChI=1S/C12H21N3O3/c1-9-6-13-7-10(9)12(18)15-4-2-14(3-5-15)8-11(16)17/h9-10,13H,2-8H2,1H3,(H,16,17)/t9-,10-/m1/s1. The lowest BCUT2D eigenvalue weighted by Gasteiger charge is -2.35. The summed E-state index contributed by atoms with van der Waals surface area (Å²) in [6.07, 6.45) is 0. The van der Waals surface area contributed by atoms with Crippen LogP contribution in [0.25, 0.3) is 0 Å². The van der Waals surface area contributed by atoms with Crippen molar-refractivity contribution in [3.63, 3.8) is 0 Å². The van der Waals surface area contributed by atoms with Crippen molar-refractivity contribution in [1.29, 1.82) is 0 Å². The first-order valence-corrected chi connectivity index (χ1v) is 6.51. The van der Waals surface area contributed by atoms with Crippen molar-refractivity contribution in [2.75, 3.05) is 45.8 Å². The first kappa shape index (κ1) is 13.3. The zero-order valence-electron chi connectivity index (χ0n) is 10.8. The maximum Gasteiger partial charge on any atom is 0.317 e. The summed E-state index contributed by atoms with van der Waals surface area (Å²) in [6, 6.07) is 0. The summed E-state index contributed by atoms with van der Waals surface area (Å²) in [5, 5.41) is 12.0. The summed E-state index contributed by atoms with van der Waals surface area (Å²) < 4.78 is 0. The molecule has 2 saturated heterocycles. The summed E-state index contributed by atoms with van der Waals surface area (Å²) in [6.45, 7) is 6.47. The Balaban J connectivity index is 1.82. The van der Waals surface area contributed by atoms with Crippen molar-refractivity contribution in [3.05, 3.63) is 0 Å². The van der Waals surface area contributed by atoms with E-state index < -0.39 is 5.97 Å². The number of carbonyl (C=O) groups is 2. The van der Waals surface area contributed by atoms with E-state index in [0.29, 0.717) is 32.1 Å². The fourth-order valence-corrected chi connectivity index (χ4v) is 2.69. The Morgan fingerprint density at radius 2 is 1.89 bits per heavy atom. The van der Waals surface area contributed by atoms with Gasteiger partial charge in [0.2, 0.25) is 5.91 Å². The van der Waals surface area contributed by atoms with Gasteiger partial charge < -0.3 is 15.3 Å². The van der Waals surface area contributed by atoms with Crippen LogP contribution in [0.5, 0.6) is 0 Å². The number of piperazine rings is 1. The maximum absolute atomic E-state index is 12.3. The summed E-state index contributed by atoms with van der Waals surface area (Å²) in [4.78, 5) is 26.7. The third-order valence-corrected chi connectivity index (χ3v) is 3.88. The molecule has 0 spiro atoms. The van der Waals surface area contributed by atoms with Gasteiger partial charge in [-0.1, -0.05) is 6.92 Å². The lowest BCUT2D eigenvalue weighted by molar-refractivity contribution is -0.140. The molecule has 0 unspecified atom stereocenters. The number of aliphatic carboxylic acids is 1. The van der Waals surface area contributed by atoms with E-state index in [1.165, 1.54) is 0 Å². The molecule has 0 radical (unpaired) electrons. The third kappa shape index (κ3) is 3.00. The van der Waals surface area contributed by atoms with E-state index in [1.807, 2.05) is 9.80 Å². The summed E-state index contributed by atoms with van der Waals surface area (Å²) in [7, 11) is 0. The molecule has 2 aliphatic rings. The van der Waals surface area contributed by atoms with Crippen LogP contribution in [0.15, 0.2) is 0 Å². The Bertz CT molecular complexity index is 327. The number of hydrogen-bond acceptors (Lipinski definition) is 4. The van der Waals surface area contributed by atoms with Gasteiger partial charge in [0.25, 0.3) is 0 Å². The molecule has 0 bridgehead atoms. The van der Waals surface area contributed by atoms with Crippen LogP contribution in [0, 0.1) is 11.8 Å². The first-order chi connectivity index (χ1) is 8.58. The zero-order chi connectivity index (χ0) is 13.1. The predicted molar refractivity (Wildman–Crippen MR) is 66.2 cm³/mol. The molecule has 102 valence electrons. The largest absolute Gasteiger partial charge is 0.480 e. The number of carbonyl (C=O) groups excluding carboxylic acids is 1. The van der Waals surface area contributed by atoms with E-state index in [2.05, 4.69) is 12.2 Å². The molecule has 2 heterocycles. The Morgan fingerprint density at radius 3 is 2.39 bits per heavy atom. The first-order valence-electron chi connectivity index (χ1n) is 6.51. The highest BCUT2D eigenvalue weighted by Crippen LogP contribution is 2.19. The van der Waals surface area contributed by atoms with Crippen molar-refractivity contribution in [3.8, 4) is 0 Å². The van der Waals surface area contributed by atoms with Crippen LogP contribution >= 0.6 is 0 Å². The lowest BCUT2D eigenvalue weighted by Crippen LogP contribution is -2.52. The van der Waals surface area contributed by atoms with Gasteiger partial charge in [0.05, 0.1) is 12.5 Å². The summed E-state index contributed by atoms with van der Waals surface area (Å²) >= 11 is 0. The number of rotatable bonds is 3. The van der Waals surface area contributed by atoms with Crippen LogP contribution in [0.2, 0.25) is 0 Å². The second kappa shape index (κ2) is 5.67. The smallest absolute Gasteiger partial charge is 0.317 e. The van der Waals surface area contributed by atoms with E-state index >= 15 is 0 Å². The average molecular weight is 255 g/mol. The quantitative estimate of drug-likeness (QED) is 0.682. The molecule has 2 aliphatic heterocycles. The second-order valence-corrected chi connectivity index (χ2v) is 5.24. The van der Waals surface area contributed by atoms with Crippen molar-refractivity contribution < 1.29 is 14.7 Å². The minimum absolute atomic E-state index is 0.0728. The van der Waals surface area contributed by atoms with Gasteiger partial charge >= 0.3 is 5.97 Å². The molecular formula is C12H21N3O3. The third-order valence-electron chi connectivity index (χ3n) is 3.88. The minimum atomic E-state index is -0.802. The molecule has 18 heavy (non-hydrogen) atoms. The van der Waals surface area contributed by atoms with Gasteiger partial charge in [-0.15, -0.1) is 0 Å². The monoisotopic (exact) mass is 255 g/mol. The Kier molecular flexibility index (Phi) is 4.19. The van der Waals surface area contributed by atoms with Gasteiger partial charge in [-0.3, -0.25) is 14.5 Å². The molecule has 2 fully saturated rings. The summed E-state index contributed by atoms with van der Waals surface area (Å²) in [5.74, 6) is -0.0866. The minimum Gasteiger partial charge on any atom is -0.480 e. The van der Waals surface area contributed by atoms with E-state index in [-0.39, 0.29) is 18.4 Å². The highest BCUT2D eigenvalue weighted by atomic mass is 16.4. The zero-order valence-corrected chi connectivity index (χ0v) is 10.8. The molecular weight excluding hydrogens is 234 g/mol. The maximum atomic E-state index is 12.3. The molecule has 0 saturated carbocycles. The van der Waals surface area contributed by atoms with Crippen LogP contribution in [0.4, 0.5) is 0 Å². The molecule has 6 heteroatoms. The Hall–Kier alpha value is -1.14. The normalized spacial score (nSPS) is 29.5. The van der Waals surface area contributed by atoms with Gasteiger partial charge in [-0.2, -0.15) is 0 Å². The fourth-order valence-electron chi connectivity index (χ4n) is 2.69. The predicted octanol–water partition coefficient (Wildman–Crippen LogP) is -0.929. The van der Waals surface area contributed by atoms with Gasteiger partial charge in [-0.25, -0.2) is 0 Å². The van der Waals surface area contributed by atoms with Crippen molar-refractivity contribution >= 4 is 11.9 Å². The molecule has 0 aromatic rings. The number of hydrogen-bond donors (Lipinski definition) is 2. The van der Waals surface area contributed by atoms with Crippen LogP contribution < -0.4 is 5.32 Å². The van der Waals surface area contributed by atoms with E-state index in [0.717, 1.165) is 13.1 Å². The van der Waals surface area contributed by atoms with Crippen LogP contribution in [0.1, 0.15) is 6.92 Å². The van der Waals surface area contributed by atoms with E-state index in [1.54, 1.807) is 0 Å². The van der Waals surface area contributed by atoms with E-state index in [9.17, 15) is 9.59 Å². The number of nitrogens with one attached hydrogen (secondary N) is 1. The highest BCUT2D eigenvalue weighted by Gasteiger charge is 2.34. The van der Waals surface area contributed by atoms with Crippen LogP contribution in [0.3, 0.4) is 0 Å². The molecule has 0 aliphatic carbocycles. The Morgan fingerprint density at radius 1 is 1.22 bits per heavy atom. The van der Waals surface area contributed by atoms with Crippen LogP contribution in [-0.2, 0) is 9.59 Å². The molecule has 2 rings (SSSR count). The summed E-state index contributed by atoms with van der Waals surface area (Å²) in [5.41, 5.74) is 0.